The van der Waals surface area contributed by atoms with E-state index in [0.29, 0.717) is 11.7 Å². The smallest absolute Gasteiger partial charge is 0.250 e. The maximum Gasteiger partial charge on any atom is 0.250 e. The summed E-state index contributed by atoms with van der Waals surface area (Å²) >= 11 is 3.50. The zero-order valence-electron chi connectivity index (χ0n) is 18.6. The average molecular weight is 510 g/mol. The van der Waals surface area contributed by atoms with Crippen LogP contribution in [-0.2, 0) is 0 Å². The van der Waals surface area contributed by atoms with Crippen molar-refractivity contribution in [3.05, 3.63) is 46.6 Å². The Balaban J connectivity index is 1.33. The molecule has 8 nitrogen and oxygen atoms in total. The number of halogens is 1. The number of furan rings is 1. The molecule has 3 aromatic rings. The molecule has 0 atom stereocenters. The monoisotopic (exact) mass is 509 g/mol. The fourth-order valence-electron chi connectivity index (χ4n) is 4.25. The average Bonchev–Trinajstić information content (AvgIpc) is 3.34. The minimum absolute atomic E-state index is 0.459. The molecule has 9 heteroatoms. The van der Waals surface area contributed by atoms with Crippen molar-refractivity contribution < 1.29 is 4.42 Å². The van der Waals surface area contributed by atoms with Gasteiger partial charge in [0.25, 0.3) is 0 Å². The molecule has 0 saturated carbocycles. The molecule has 2 saturated heterocycles. The molecule has 0 radical (unpaired) electrons. The first-order valence-corrected chi connectivity index (χ1v) is 12.4. The third-order valence-electron chi connectivity index (χ3n) is 5.98. The maximum atomic E-state index is 5.92. The molecule has 0 aliphatic carbocycles. The van der Waals surface area contributed by atoms with Gasteiger partial charge in [0.05, 0.1) is 6.21 Å². The van der Waals surface area contributed by atoms with E-state index in [2.05, 4.69) is 46.2 Å². The fraction of sp³-hybridized carbons (Fsp3) is 0.417. The Morgan fingerprint density at radius 2 is 1.52 bits per heavy atom. The lowest BCUT2D eigenvalue weighted by molar-refractivity contribution is 0.556. The van der Waals surface area contributed by atoms with Crippen molar-refractivity contribution in [3.63, 3.8) is 0 Å². The number of hydrazone groups is 1. The fourth-order valence-corrected chi connectivity index (χ4v) is 4.65. The molecule has 0 amide bonds. The summed E-state index contributed by atoms with van der Waals surface area (Å²) in [6.07, 6.45) is 8.86. The first-order valence-electron chi connectivity index (χ1n) is 11.7. The summed E-state index contributed by atoms with van der Waals surface area (Å²) in [6, 6.07) is 11.8. The van der Waals surface area contributed by atoms with Crippen LogP contribution in [0.25, 0.3) is 11.3 Å². The normalized spacial score (nSPS) is 17.0. The van der Waals surface area contributed by atoms with Crippen LogP contribution in [0.4, 0.5) is 17.8 Å². The minimum atomic E-state index is 0.459. The van der Waals surface area contributed by atoms with Crippen LogP contribution < -0.4 is 15.2 Å². The molecule has 1 N–H and O–H groups in total. The topological polar surface area (TPSA) is 82.7 Å². The van der Waals surface area contributed by atoms with Gasteiger partial charge in [0.15, 0.2) is 0 Å². The van der Waals surface area contributed by atoms with Gasteiger partial charge in [-0.15, -0.1) is 0 Å². The van der Waals surface area contributed by atoms with E-state index in [0.717, 1.165) is 53.9 Å². The van der Waals surface area contributed by atoms with Crippen molar-refractivity contribution in [2.75, 3.05) is 41.4 Å². The molecule has 0 bridgehead atoms. The Labute approximate surface area is 202 Å². The first kappa shape index (κ1) is 21.9. The molecular weight excluding hydrogens is 482 g/mol. The molecule has 5 rings (SSSR count). The minimum Gasteiger partial charge on any atom is -0.455 e. The Hall–Kier alpha value is -2.94. The summed E-state index contributed by atoms with van der Waals surface area (Å²) in [6.45, 7) is 3.93. The molecule has 4 heterocycles. The summed E-state index contributed by atoms with van der Waals surface area (Å²) in [5.74, 6) is 3.37. The van der Waals surface area contributed by atoms with E-state index in [1.54, 1.807) is 6.21 Å². The number of hydrogen-bond acceptors (Lipinski definition) is 8. The number of aromatic nitrogens is 3. The van der Waals surface area contributed by atoms with Gasteiger partial charge < -0.3 is 14.2 Å². The molecule has 33 heavy (non-hydrogen) atoms. The lowest BCUT2D eigenvalue weighted by atomic mass is 10.1. The van der Waals surface area contributed by atoms with E-state index in [1.807, 2.05) is 36.4 Å². The summed E-state index contributed by atoms with van der Waals surface area (Å²) in [5.41, 5.74) is 4.00. The van der Waals surface area contributed by atoms with Crippen molar-refractivity contribution in [1.29, 1.82) is 0 Å². The summed E-state index contributed by atoms with van der Waals surface area (Å²) < 4.78 is 6.93. The van der Waals surface area contributed by atoms with Crippen LogP contribution in [0.1, 0.15) is 44.3 Å². The number of nitrogens with one attached hydrogen (secondary N) is 1. The van der Waals surface area contributed by atoms with Gasteiger partial charge in [-0.25, -0.2) is 5.43 Å². The Bertz CT molecular complexity index is 1070. The van der Waals surface area contributed by atoms with Crippen molar-refractivity contribution in [2.24, 2.45) is 5.10 Å². The summed E-state index contributed by atoms with van der Waals surface area (Å²) in [7, 11) is 0. The lowest BCUT2D eigenvalue weighted by Crippen LogP contribution is -2.34. The van der Waals surface area contributed by atoms with Crippen LogP contribution in [0.5, 0.6) is 0 Å². The van der Waals surface area contributed by atoms with Crippen LogP contribution in [-0.4, -0.2) is 47.3 Å². The Kier molecular flexibility index (Phi) is 6.85. The second kappa shape index (κ2) is 10.3. The van der Waals surface area contributed by atoms with Crippen molar-refractivity contribution >= 4 is 40.0 Å². The summed E-state index contributed by atoms with van der Waals surface area (Å²) in [5, 5.41) is 4.34. The number of rotatable bonds is 6. The predicted molar refractivity (Wildman–Crippen MR) is 135 cm³/mol. The second-order valence-corrected chi connectivity index (χ2v) is 9.35. The number of benzene rings is 1. The molecule has 2 aliphatic rings. The number of anilines is 3. The quantitative estimate of drug-likeness (QED) is 0.355. The highest BCUT2D eigenvalue weighted by molar-refractivity contribution is 9.10. The Morgan fingerprint density at radius 1 is 0.848 bits per heavy atom. The SMILES string of the molecule is Brc1cccc(-c2ccc(/C=N\Nc3nc(N4CCCCC4)nc(N4CCCCC4)n3)o2)c1. The molecule has 0 spiro atoms. The second-order valence-electron chi connectivity index (χ2n) is 8.44. The molecule has 0 unspecified atom stereocenters. The summed E-state index contributed by atoms with van der Waals surface area (Å²) in [4.78, 5) is 18.6. The highest BCUT2D eigenvalue weighted by Gasteiger charge is 2.20. The first-order chi connectivity index (χ1) is 16.2. The van der Waals surface area contributed by atoms with Gasteiger partial charge in [0.1, 0.15) is 11.5 Å². The maximum absolute atomic E-state index is 5.92. The zero-order valence-corrected chi connectivity index (χ0v) is 20.2. The van der Waals surface area contributed by atoms with Crippen molar-refractivity contribution in [1.82, 2.24) is 15.0 Å². The largest absolute Gasteiger partial charge is 0.455 e. The zero-order chi connectivity index (χ0) is 22.5. The van der Waals surface area contributed by atoms with Gasteiger partial charge in [-0.3, -0.25) is 0 Å². The van der Waals surface area contributed by atoms with E-state index in [4.69, 9.17) is 9.40 Å². The van der Waals surface area contributed by atoms with Gasteiger partial charge in [0.2, 0.25) is 17.8 Å². The molecular formula is C24H28BrN7O. The van der Waals surface area contributed by atoms with Gasteiger partial charge in [-0.05, 0) is 62.8 Å². The van der Waals surface area contributed by atoms with Gasteiger partial charge in [0, 0.05) is 36.2 Å². The van der Waals surface area contributed by atoms with E-state index >= 15 is 0 Å². The van der Waals surface area contributed by atoms with Gasteiger partial charge in [-0.2, -0.15) is 20.1 Å². The highest BCUT2D eigenvalue weighted by Crippen LogP contribution is 2.25. The highest BCUT2D eigenvalue weighted by atomic mass is 79.9. The van der Waals surface area contributed by atoms with E-state index in [-0.39, 0.29) is 0 Å². The van der Waals surface area contributed by atoms with Crippen LogP contribution in [0.3, 0.4) is 0 Å². The van der Waals surface area contributed by atoms with Crippen LogP contribution in [0.15, 0.2) is 50.4 Å². The van der Waals surface area contributed by atoms with Crippen LogP contribution in [0.2, 0.25) is 0 Å². The molecule has 2 aliphatic heterocycles. The number of nitrogens with zero attached hydrogens (tertiary/aromatic N) is 6. The van der Waals surface area contributed by atoms with E-state index in [9.17, 15) is 0 Å². The standard InChI is InChI=1S/C24H28BrN7O/c25-19-9-7-8-18(16-19)21-11-10-20(33-21)17-26-30-22-27-23(31-12-3-1-4-13-31)29-24(28-22)32-14-5-2-6-15-32/h7-11,16-17H,1-6,12-15H2,(H,27,28,29,30)/b26-17-. The van der Waals surface area contributed by atoms with Crippen LogP contribution in [0, 0.1) is 0 Å². The van der Waals surface area contributed by atoms with E-state index < -0.39 is 0 Å². The Morgan fingerprint density at radius 3 is 2.15 bits per heavy atom. The number of hydrogen-bond donors (Lipinski definition) is 1. The van der Waals surface area contributed by atoms with E-state index in [1.165, 1.54) is 38.5 Å². The predicted octanol–water partition coefficient (Wildman–Crippen LogP) is 5.32. The van der Waals surface area contributed by atoms with Gasteiger partial charge >= 0.3 is 0 Å². The van der Waals surface area contributed by atoms with Crippen molar-refractivity contribution in [2.45, 2.75) is 38.5 Å². The molecule has 2 aromatic heterocycles. The van der Waals surface area contributed by atoms with Crippen molar-refractivity contribution in [3.8, 4) is 11.3 Å². The lowest BCUT2D eigenvalue weighted by Gasteiger charge is -2.30. The third kappa shape index (κ3) is 5.52. The number of piperidine rings is 2. The molecule has 172 valence electrons. The van der Waals surface area contributed by atoms with Gasteiger partial charge in [-0.1, -0.05) is 28.1 Å². The molecule has 2 fully saturated rings. The molecule has 1 aromatic carbocycles. The third-order valence-corrected chi connectivity index (χ3v) is 6.48. The van der Waals surface area contributed by atoms with Crippen LogP contribution >= 0.6 is 15.9 Å².